The normalized spacial score (nSPS) is 13.0. The molecule has 0 atom stereocenters. The molecule has 140 valence electrons. The molecule has 1 saturated carbocycles. The van der Waals surface area contributed by atoms with Gasteiger partial charge < -0.3 is 15.4 Å². The Balaban J connectivity index is 1.86. The molecule has 1 aliphatic carbocycles. The molecule has 1 aliphatic rings. The smallest absolute Gasteiger partial charge is 0.270 e. The number of aryl methyl sites for hydroxylation is 1. The fourth-order valence-corrected chi connectivity index (χ4v) is 2.57. The second-order valence-corrected chi connectivity index (χ2v) is 6.37. The molecule has 8 heteroatoms. The van der Waals surface area contributed by atoms with E-state index < -0.39 is 10.8 Å². The van der Waals surface area contributed by atoms with Gasteiger partial charge in [-0.15, -0.1) is 0 Å². The van der Waals surface area contributed by atoms with E-state index in [1.807, 2.05) is 0 Å². The number of hydrogen-bond acceptors (Lipinski definition) is 5. The first-order valence-corrected chi connectivity index (χ1v) is 8.44. The minimum atomic E-state index is -0.579. The zero-order valence-electron chi connectivity index (χ0n) is 14.9. The van der Waals surface area contributed by atoms with Crippen molar-refractivity contribution in [1.82, 2.24) is 5.32 Å². The van der Waals surface area contributed by atoms with Crippen LogP contribution in [0.1, 0.15) is 39.1 Å². The van der Waals surface area contributed by atoms with Gasteiger partial charge in [0.1, 0.15) is 5.75 Å². The highest BCUT2D eigenvalue weighted by Crippen LogP contribution is 2.26. The maximum Gasteiger partial charge on any atom is 0.270 e. The number of methoxy groups -OCH3 is 1. The molecule has 27 heavy (non-hydrogen) atoms. The lowest BCUT2D eigenvalue weighted by Crippen LogP contribution is -2.25. The number of hydrogen-bond donors (Lipinski definition) is 2. The number of carbonyl (C=O) groups excluding carboxylic acids is 2. The number of non-ortho nitro benzene ring substituents is 1. The SMILES string of the molecule is COc1ccc([N+](=O)[O-])cc1C(=O)Nc1cc(C(=O)NC2CC2)ccc1C. The van der Waals surface area contributed by atoms with E-state index in [2.05, 4.69) is 10.6 Å². The van der Waals surface area contributed by atoms with E-state index in [1.54, 1.807) is 25.1 Å². The molecule has 0 unspecified atom stereocenters. The Kier molecular flexibility index (Phi) is 5.07. The van der Waals surface area contributed by atoms with Crippen LogP contribution in [0.4, 0.5) is 11.4 Å². The molecule has 3 rings (SSSR count). The minimum Gasteiger partial charge on any atom is -0.496 e. The molecule has 2 aromatic rings. The molecule has 0 aliphatic heterocycles. The number of anilines is 1. The Bertz CT molecular complexity index is 922. The average molecular weight is 369 g/mol. The molecule has 0 aromatic heterocycles. The van der Waals surface area contributed by atoms with E-state index in [1.165, 1.54) is 19.2 Å². The third-order valence-corrected chi connectivity index (χ3v) is 4.30. The zero-order chi connectivity index (χ0) is 19.6. The topological polar surface area (TPSA) is 111 Å². The second-order valence-electron chi connectivity index (χ2n) is 6.37. The van der Waals surface area contributed by atoms with Gasteiger partial charge in [-0.1, -0.05) is 6.07 Å². The highest BCUT2D eigenvalue weighted by Gasteiger charge is 2.24. The van der Waals surface area contributed by atoms with Crippen LogP contribution in [0.2, 0.25) is 0 Å². The third-order valence-electron chi connectivity index (χ3n) is 4.30. The Morgan fingerprint density at radius 1 is 1.15 bits per heavy atom. The van der Waals surface area contributed by atoms with Gasteiger partial charge in [-0.25, -0.2) is 0 Å². The molecular weight excluding hydrogens is 350 g/mol. The van der Waals surface area contributed by atoms with E-state index >= 15 is 0 Å². The average Bonchev–Trinajstić information content (AvgIpc) is 3.46. The molecule has 0 radical (unpaired) electrons. The van der Waals surface area contributed by atoms with Gasteiger partial charge in [-0.05, 0) is 43.5 Å². The summed E-state index contributed by atoms with van der Waals surface area (Å²) in [7, 11) is 1.38. The van der Waals surface area contributed by atoms with Crippen LogP contribution in [-0.4, -0.2) is 29.9 Å². The molecule has 2 N–H and O–H groups in total. The molecule has 0 bridgehead atoms. The fraction of sp³-hybridized carbons (Fsp3) is 0.263. The minimum absolute atomic E-state index is 0.0407. The predicted octanol–water partition coefficient (Wildman–Crippen LogP) is 3.06. The summed E-state index contributed by atoms with van der Waals surface area (Å²) in [4.78, 5) is 35.3. The van der Waals surface area contributed by atoms with E-state index in [9.17, 15) is 19.7 Å². The molecule has 1 fully saturated rings. The van der Waals surface area contributed by atoms with E-state index in [4.69, 9.17) is 4.74 Å². The Morgan fingerprint density at radius 2 is 1.89 bits per heavy atom. The van der Waals surface area contributed by atoms with Crippen molar-refractivity contribution in [3.8, 4) is 5.75 Å². The lowest BCUT2D eigenvalue weighted by Gasteiger charge is -2.12. The van der Waals surface area contributed by atoms with Crippen molar-refractivity contribution in [2.45, 2.75) is 25.8 Å². The van der Waals surface area contributed by atoms with E-state index in [0.717, 1.165) is 24.5 Å². The van der Waals surface area contributed by atoms with Gasteiger partial charge in [0.15, 0.2) is 0 Å². The van der Waals surface area contributed by atoms with Crippen LogP contribution in [0.3, 0.4) is 0 Å². The van der Waals surface area contributed by atoms with Gasteiger partial charge in [0, 0.05) is 29.4 Å². The van der Waals surface area contributed by atoms with Gasteiger partial charge in [0.05, 0.1) is 17.6 Å². The molecule has 0 heterocycles. The summed E-state index contributed by atoms with van der Waals surface area (Å²) < 4.78 is 5.13. The van der Waals surface area contributed by atoms with Gasteiger partial charge in [0.25, 0.3) is 17.5 Å². The van der Waals surface area contributed by atoms with Crippen LogP contribution >= 0.6 is 0 Å². The van der Waals surface area contributed by atoms with Crippen molar-refractivity contribution in [2.75, 3.05) is 12.4 Å². The van der Waals surface area contributed by atoms with Gasteiger partial charge in [-0.2, -0.15) is 0 Å². The number of nitrogens with one attached hydrogen (secondary N) is 2. The summed E-state index contributed by atoms with van der Waals surface area (Å²) >= 11 is 0. The summed E-state index contributed by atoms with van der Waals surface area (Å²) in [5.74, 6) is -0.530. The summed E-state index contributed by atoms with van der Waals surface area (Å²) in [5, 5.41) is 16.6. The lowest BCUT2D eigenvalue weighted by molar-refractivity contribution is -0.384. The summed E-state index contributed by atoms with van der Waals surface area (Å²) in [6, 6.07) is 9.05. The monoisotopic (exact) mass is 369 g/mol. The third kappa shape index (κ3) is 4.22. The molecule has 8 nitrogen and oxygen atoms in total. The first kappa shape index (κ1) is 18.4. The zero-order valence-corrected chi connectivity index (χ0v) is 14.9. The molecular formula is C19H19N3O5. The van der Waals surface area contributed by atoms with Crippen molar-refractivity contribution in [3.63, 3.8) is 0 Å². The number of carbonyl (C=O) groups is 2. The predicted molar refractivity (Wildman–Crippen MR) is 99.3 cm³/mol. The van der Waals surface area contributed by atoms with Gasteiger partial charge in [-0.3, -0.25) is 19.7 Å². The first-order valence-electron chi connectivity index (χ1n) is 8.44. The van der Waals surface area contributed by atoms with Crippen molar-refractivity contribution in [1.29, 1.82) is 0 Å². The quantitative estimate of drug-likeness (QED) is 0.600. The maximum absolute atomic E-state index is 12.7. The van der Waals surface area contributed by atoms with Crippen LogP contribution < -0.4 is 15.4 Å². The maximum atomic E-state index is 12.7. The number of ether oxygens (including phenoxy) is 1. The Labute approximate surface area is 155 Å². The Morgan fingerprint density at radius 3 is 2.52 bits per heavy atom. The number of nitro groups is 1. The van der Waals surface area contributed by atoms with Crippen LogP contribution in [-0.2, 0) is 0 Å². The van der Waals surface area contributed by atoms with Crippen molar-refractivity contribution < 1.29 is 19.2 Å². The number of nitrogens with zero attached hydrogens (tertiary/aromatic N) is 1. The van der Waals surface area contributed by atoms with Crippen molar-refractivity contribution in [2.24, 2.45) is 0 Å². The Hall–Kier alpha value is -3.42. The van der Waals surface area contributed by atoms with Gasteiger partial charge >= 0.3 is 0 Å². The highest BCUT2D eigenvalue weighted by atomic mass is 16.6. The van der Waals surface area contributed by atoms with Crippen LogP contribution in [0, 0.1) is 17.0 Å². The largest absolute Gasteiger partial charge is 0.496 e. The van der Waals surface area contributed by atoms with Crippen LogP contribution in [0.15, 0.2) is 36.4 Å². The number of nitro benzene ring substituents is 1. The number of rotatable bonds is 6. The van der Waals surface area contributed by atoms with Gasteiger partial charge in [0.2, 0.25) is 0 Å². The standard InChI is InChI=1S/C19H19N3O5/c1-11-3-4-12(18(23)20-13-5-6-13)9-16(11)21-19(24)15-10-14(22(25)26)7-8-17(15)27-2/h3-4,7-10,13H,5-6H2,1-2H3,(H,20,23)(H,21,24). The van der Waals surface area contributed by atoms with E-state index in [-0.39, 0.29) is 28.9 Å². The highest BCUT2D eigenvalue weighted by molar-refractivity contribution is 6.07. The lowest BCUT2D eigenvalue weighted by atomic mass is 10.1. The number of amides is 2. The van der Waals surface area contributed by atoms with E-state index in [0.29, 0.717) is 11.3 Å². The molecule has 2 amide bonds. The molecule has 0 spiro atoms. The fourth-order valence-electron chi connectivity index (χ4n) is 2.57. The molecule has 2 aromatic carbocycles. The second kappa shape index (κ2) is 7.45. The summed E-state index contributed by atoms with van der Waals surface area (Å²) in [6.07, 6.45) is 1.96. The van der Waals surface area contributed by atoms with Crippen molar-refractivity contribution >= 4 is 23.2 Å². The summed E-state index contributed by atoms with van der Waals surface area (Å²) in [5.41, 5.74) is 1.48. The number of benzene rings is 2. The summed E-state index contributed by atoms with van der Waals surface area (Å²) in [6.45, 7) is 1.79. The first-order chi connectivity index (χ1) is 12.9. The molecule has 0 saturated heterocycles. The van der Waals surface area contributed by atoms with Crippen LogP contribution in [0.5, 0.6) is 5.75 Å². The van der Waals surface area contributed by atoms with Crippen molar-refractivity contribution in [3.05, 3.63) is 63.2 Å². The van der Waals surface area contributed by atoms with Crippen LogP contribution in [0.25, 0.3) is 0 Å².